The number of esters is 1. The van der Waals surface area contributed by atoms with Gasteiger partial charge in [-0.15, -0.1) is 0 Å². The number of rotatable bonds is 3. The van der Waals surface area contributed by atoms with Crippen LogP contribution in [0.25, 0.3) is 0 Å². The van der Waals surface area contributed by atoms with E-state index in [1.807, 2.05) is 0 Å². The number of hydrogen-bond donors (Lipinski definition) is 0. The topological polar surface area (TPSA) is 69.4 Å². The van der Waals surface area contributed by atoms with Crippen LogP contribution >= 0.6 is 11.6 Å². The molecule has 6 heteroatoms. The zero-order chi connectivity index (χ0) is 12.6. The molecule has 1 saturated carbocycles. The second kappa shape index (κ2) is 4.33. The van der Waals surface area contributed by atoms with Gasteiger partial charge in [-0.3, -0.25) is 14.9 Å². The summed E-state index contributed by atoms with van der Waals surface area (Å²) in [6.07, 6.45) is 0.672. The van der Waals surface area contributed by atoms with E-state index >= 15 is 0 Å². The van der Waals surface area contributed by atoms with Crippen LogP contribution in [0.5, 0.6) is 0 Å². The van der Waals surface area contributed by atoms with Gasteiger partial charge in [0.2, 0.25) is 0 Å². The number of methoxy groups -OCH3 is 1. The van der Waals surface area contributed by atoms with Gasteiger partial charge in [-0.2, -0.15) is 0 Å². The Morgan fingerprint density at radius 1 is 1.59 bits per heavy atom. The Labute approximate surface area is 102 Å². The standard InChI is InChI=1S/C11H10ClNO4/c1-17-11(14)8-5-7(8)6-2-3-9(12)10(4-6)13(15)16/h2-4,7-8H,5H2,1H3. The van der Waals surface area contributed by atoms with E-state index in [0.717, 1.165) is 5.56 Å². The summed E-state index contributed by atoms with van der Waals surface area (Å²) in [6, 6.07) is 4.63. The second-order valence-corrected chi connectivity index (χ2v) is 4.35. The fourth-order valence-electron chi connectivity index (χ4n) is 1.88. The Morgan fingerprint density at radius 2 is 2.29 bits per heavy atom. The molecule has 0 N–H and O–H groups in total. The zero-order valence-corrected chi connectivity index (χ0v) is 9.81. The van der Waals surface area contributed by atoms with Gasteiger partial charge in [-0.25, -0.2) is 0 Å². The highest BCUT2D eigenvalue weighted by Crippen LogP contribution is 2.49. The summed E-state index contributed by atoms with van der Waals surface area (Å²) in [4.78, 5) is 21.5. The summed E-state index contributed by atoms with van der Waals surface area (Å²) in [5.74, 6) is -0.438. The number of carbonyl (C=O) groups is 1. The molecule has 1 aliphatic rings. The predicted molar refractivity (Wildman–Crippen MR) is 61.0 cm³/mol. The Hall–Kier alpha value is -1.62. The molecule has 0 heterocycles. The highest BCUT2D eigenvalue weighted by atomic mass is 35.5. The van der Waals surface area contributed by atoms with Gasteiger partial charge < -0.3 is 4.74 Å². The van der Waals surface area contributed by atoms with Crippen LogP contribution in [-0.4, -0.2) is 18.0 Å². The van der Waals surface area contributed by atoms with Crippen molar-refractivity contribution in [2.24, 2.45) is 5.92 Å². The number of benzene rings is 1. The molecule has 1 aromatic rings. The molecule has 1 aromatic carbocycles. The normalized spacial score (nSPS) is 22.0. The highest BCUT2D eigenvalue weighted by molar-refractivity contribution is 6.32. The van der Waals surface area contributed by atoms with Gasteiger partial charge in [0, 0.05) is 6.07 Å². The van der Waals surface area contributed by atoms with Crippen molar-refractivity contribution in [3.8, 4) is 0 Å². The molecule has 0 bridgehead atoms. The average molecular weight is 256 g/mol. The molecular weight excluding hydrogens is 246 g/mol. The third kappa shape index (κ3) is 2.24. The molecule has 5 nitrogen and oxygen atoms in total. The lowest BCUT2D eigenvalue weighted by atomic mass is 10.1. The number of hydrogen-bond acceptors (Lipinski definition) is 4. The number of nitro benzene ring substituents is 1. The smallest absolute Gasteiger partial charge is 0.309 e. The number of halogens is 1. The molecule has 2 unspecified atom stereocenters. The third-order valence-electron chi connectivity index (χ3n) is 2.89. The molecule has 0 spiro atoms. The Kier molecular flexibility index (Phi) is 3.02. The van der Waals surface area contributed by atoms with Crippen LogP contribution in [0.3, 0.4) is 0 Å². The van der Waals surface area contributed by atoms with Crippen molar-refractivity contribution in [3.05, 3.63) is 38.9 Å². The van der Waals surface area contributed by atoms with Gasteiger partial charge in [0.1, 0.15) is 5.02 Å². The summed E-state index contributed by atoms with van der Waals surface area (Å²) in [5, 5.41) is 10.8. The van der Waals surface area contributed by atoms with Crippen LogP contribution in [0.2, 0.25) is 5.02 Å². The van der Waals surface area contributed by atoms with Gasteiger partial charge in [-0.1, -0.05) is 17.7 Å². The zero-order valence-electron chi connectivity index (χ0n) is 9.05. The summed E-state index contributed by atoms with van der Waals surface area (Å²) < 4.78 is 4.63. The minimum Gasteiger partial charge on any atom is -0.469 e. The van der Waals surface area contributed by atoms with Crippen molar-refractivity contribution in [1.82, 2.24) is 0 Å². The predicted octanol–water partition coefficient (Wildman–Crippen LogP) is 2.52. The van der Waals surface area contributed by atoms with Crippen molar-refractivity contribution >= 4 is 23.3 Å². The fraction of sp³-hybridized carbons (Fsp3) is 0.364. The van der Waals surface area contributed by atoms with Crippen molar-refractivity contribution in [1.29, 1.82) is 0 Å². The van der Waals surface area contributed by atoms with Crippen molar-refractivity contribution in [2.45, 2.75) is 12.3 Å². The van der Waals surface area contributed by atoms with Crippen LogP contribution in [0.4, 0.5) is 5.69 Å². The van der Waals surface area contributed by atoms with Crippen LogP contribution in [-0.2, 0) is 9.53 Å². The first-order valence-corrected chi connectivity index (χ1v) is 5.44. The quantitative estimate of drug-likeness (QED) is 0.473. The molecule has 1 fully saturated rings. The maximum absolute atomic E-state index is 11.3. The molecule has 17 heavy (non-hydrogen) atoms. The molecule has 2 rings (SSSR count). The molecule has 90 valence electrons. The highest BCUT2D eigenvalue weighted by Gasteiger charge is 2.45. The lowest BCUT2D eigenvalue weighted by Crippen LogP contribution is -2.04. The molecule has 0 radical (unpaired) electrons. The molecular formula is C11H10ClNO4. The molecule has 1 aliphatic carbocycles. The molecule has 2 atom stereocenters. The number of nitro groups is 1. The summed E-state index contributed by atoms with van der Waals surface area (Å²) in [6.45, 7) is 0. The first-order valence-electron chi connectivity index (χ1n) is 5.06. The summed E-state index contributed by atoms with van der Waals surface area (Å²) in [5.41, 5.74) is 0.635. The Morgan fingerprint density at radius 3 is 2.88 bits per heavy atom. The Bertz CT molecular complexity index is 488. The maximum Gasteiger partial charge on any atom is 0.309 e. The molecule has 0 amide bonds. The van der Waals surface area contributed by atoms with E-state index < -0.39 is 4.92 Å². The molecule has 0 aliphatic heterocycles. The van der Waals surface area contributed by atoms with E-state index in [2.05, 4.69) is 4.74 Å². The fourth-order valence-corrected chi connectivity index (χ4v) is 2.06. The van der Waals surface area contributed by atoms with Crippen molar-refractivity contribution < 1.29 is 14.5 Å². The minimum absolute atomic E-state index is 0.0124. The number of nitrogens with zero attached hydrogens (tertiary/aromatic N) is 1. The number of carbonyl (C=O) groups excluding carboxylic acids is 1. The van der Waals surface area contributed by atoms with E-state index in [4.69, 9.17) is 11.6 Å². The minimum atomic E-state index is -0.526. The summed E-state index contributed by atoms with van der Waals surface area (Å²) in [7, 11) is 1.34. The first kappa shape index (κ1) is 11.9. The van der Waals surface area contributed by atoms with Gasteiger partial charge in [0.05, 0.1) is 18.0 Å². The largest absolute Gasteiger partial charge is 0.469 e. The number of ether oxygens (including phenoxy) is 1. The van der Waals surface area contributed by atoms with Gasteiger partial charge in [0.15, 0.2) is 0 Å². The van der Waals surface area contributed by atoms with Crippen LogP contribution in [0.15, 0.2) is 18.2 Å². The van der Waals surface area contributed by atoms with Crippen molar-refractivity contribution in [2.75, 3.05) is 7.11 Å². The van der Waals surface area contributed by atoms with Gasteiger partial charge in [0.25, 0.3) is 5.69 Å². The monoisotopic (exact) mass is 255 g/mol. The van der Waals surface area contributed by atoms with Crippen LogP contribution in [0.1, 0.15) is 17.9 Å². The Balaban J connectivity index is 2.22. The van der Waals surface area contributed by atoms with Gasteiger partial charge >= 0.3 is 5.97 Å². The van der Waals surface area contributed by atoms with E-state index in [-0.39, 0.29) is 28.5 Å². The van der Waals surface area contributed by atoms with Crippen LogP contribution < -0.4 is 0 Å². The van der Waals surface area contributed by atoms with Crippen molar-refractivity contribution in [3.63, 3.8) is 0 Å². The second-order valence-electron chi connectivity index (χ2n) is 3.94. The first-order chi connectivity index (χ1) is 8.04. The third-order valence-corrected chi connectivity index (χ3v) is 3.21. The van der Waals surface area contributed by atoms with Gasteiger partial charge in [-0.05, 0) is 24.0 Å². The lowest BCUT2D eigenvalue weighted by Gasteiger charge is -2.01. The van der Waals surface area contributed by atoms with E-state index in [9.17, 15) is 14.9 Å². The maximum atomic E-state index is 11.3. The molecule has 0 saturated heterocycles. The SMILES string of the molecule is COC(=O)C1CC1c1ccc(Cl)c([N+](=O)[O-])c1. The van der Waals surface area contributed by atoms with E-state index in [1.54, 1.807) is 6.07 Å². The van der Waals surface area contributed by atoms with E-state index in [0.29, 0.717) is 6.42 Å². The molecule has 0 aromatic heterocycles. The summed E-state index contributed by atoms with van der Waals surface area (Å²) >= 11 is 5.71. The average Bonchev–Trinajstić information content (AvgIpc) is 3.08. The van der Waals surface area contributed by atoms with E-state index in [1.165, 1.54) is 19.2 Å². The van der Waals surface area contributed by atoms with Crippen LogP contribution in [0, 0.1) is 16.0 Å². The lowest BCUT2D eigenvalue weighted by molar-refractivity contribution is -0.384.